The minimum atomic E-state index is -2.47. The van der Waals surface area contributed by atoms with E-state index in [-0.39, 0.29) is 25.6 Å². The van der Waals surface area contributed by atoms with E-state index in [2.05, 4.69) is 0 Å². The molecule has 12 heavy (non-hydrogen) atoms. The van der Waals surface area contributed by atoms with Gasteiger partial charge in [0.15, 0.2) is 0 Å². The van der Waals surface area contributed by atoms with Gasteiger partial charge in [0.1, 0.15) is 0 Å². The molecule has 0 bridgehead atoms. The van der Waals surface area contributed by atoms with Crippen LogP contribution in [-0.2, 0) is 4.74 Å². The molecule has 0 N–H and O–H groups in total. The van der Waals surface area contributed by atoms with Gasteiger partial charge in [0.25, 0.3) is 5.92 Å². The van der Waals surface area contributed by atoms with Gasteiger partial charge in [-0.25, -0.2) is 8.78 Å². The van der Waals surface area contributed by atoms with Crippen molar-refractivity contribution in [2.45, 2.75) is 52.1 Å². The van der Waals surface area contributed by atoms with E-state index in [1.54, 1.807) is 0 Å². The first-order chi connectivity index (χ1) is 5.64. The summed E-state index contributed by atoms with van der Waals surface area (Å²) in [4.78, 5) is 0. The molecule has 1 atom stereocenters. The van der Waals surface area contributed by atoms with Crippen LogP contribution in [0, 0.1) is 0 Å². The Morgan fingerprint density at radius 3 is 2.33 bits per heavy atom. The Morgan fingerprint density at radius 1 is 1.42 bits per heavy atom. The van der Waals surface area contributed by atoms with Crippen molar-refractivity contribution in [2.75, 3.05) is 6.61 Å². The lowest BCUT2D eigenvalue weighted by Gasteiger charge is -2.28. The van der Waals surface area contributed by atoms with E-state index in [9.17, 15) is 8.78 Å². The Kier molecular flexibility index (Phi) is 5.38. The Bertz CT molecular complexity index is 115. The third-order valence-corrected chi connectivity index (χ3v) is 1.80. The average Bonchev–Trinajstić information content (AvgIpc) is 2.06. The average molecular weight is 180 g/mol. The van der Waals surface area contributed by atoms with Gasteiger partial charge in [0.05, 0.1) is 12.7 Å². The van der Waals surface area contributed by atoms with Gasteiger partial charge >= 0.3 is 0 Å². The lowest BCUT2D eigenvalue weighted by Crippen LogP contribution is -2.33. The van der Waals surface area contributed by atoms with Gasteiger partial charge in [0.2, 0.25) is 0 Å². The Labute approximate surface area is 73.1 Å². The van der Waals surface area contributed by atoms with Gasteiger partial charge in [-0.05, 0) is 6.42 Å². The normalized spacial score (nSPS) is 27.2. The van der Waals surface area contributed by atoms with E-state index in [1.807, 2.05) is 20.8 Å². The zero-order chi connectivity index (χ0) is 9.61. The summed E-state index contributed by atoms with van der Waals surface area (Å²) in [7, 11) is 0. The van der Waals surface area contributed by atoms with Gasteiger partial charge < -0.3 is 4.74 Å². The highest BCUT2D eigenvalue weighted by molar-refractivity contribution is 4.75. The van der Waals surface area contributed by atoms with E-state index in [4.69, 9.17) is 4.74 Å². The number of rotatable bonds is 1. The van der Waals surface area contributed by atoms with Gasteiger partial charge in [-0.2, -0.15) is 0 Å². The largest absolute Gasteiger partial charge is 0.378 e. The molecule has 0 aromatic carbocycles. The minimum Gasteiger partial charge on any atom is -0.378 e. The lowest BCUT2D eigenvalue weighted by molar-refractivity contribution is -0.127. The van der Waals surface area contributed by atoms with Gasteiger partial charge in [-0.3, -0.25) is 0 Å². The molecule has 0 aromatic rings. The van der Waals surface area contributed by atoms with Crippen molar-refractivity contribution in [1.82, 2.24) is 0 Å². The topological polar surface area (TPSA) is 9.23 Å². The highest BCUT2D eigenvalue weighted by Crippen LogP contribution is 2.30. The van der Waals surface area contributed by atoms with Crippen molar-refractivity contribution in [2.24, 2.45) is 0 Å². The van der Waals surface area contributed by atoms with Crippen molar-refractivity contribution in [3.05, 3.63) is 0 Å². The number of hydrogen-bond donors (Lipinski definition) is 0. The smallest absolute Gasteiger partial charge is 0.252 e. The third kappa shape index (κ3) is 4.00. The van der Waals surface area contributed by atoms with Crippen LogP contribution in [0.5, 0.6) is 0 Å². The van der Waals surface area contributed by atoms with Crippen molar-refractivity contribution in [1.29, 1.82) is 0 Å². The molecule has 1 saturated heterocycles. The molecule has 74 valence electrons. The molecule has 3 heteroatoms. The highest BCUT2D eigenvalue weighted by Gasteiger charge is 2.35. The molecule has 0 aromatic heterocycles. The molecule has 0 aliphatic carbocycles. The Balaban J connectivity index is 0.000000561. The Hall–Kier alpha value is -0.180. The maximum Gasteiger partial charge on any atom is 0.252 e. The van der Waals surface area contributed by atoms with Crippen LogP contribution in [0.25, 0.3) is 0 Å². The molecule has 1 nitrogen and oxygen atoms in total. The van der Waals surface area contributed by atoms with Crippen LogP contribution in [0.3, 0.4) is 0 Å². The summed E-state index contributed by atoms with van der Waals surface area (Å²) in [5.41, 5.74) is 0. The van der Waals surface area contributed by atoms with E-state index < -0.39 is 5.92 Å². The molecule has 1 aliphatic rings. The fourth-order valence-corrected chi connectivity index (χ4v) is 1.13. The monoisotopic (exact) mass is 180 g/mol. The van der Waals surface area contributed by atoms with Gasteiger partial charge in [-0.15, -0.1) is 0 Å². The molecule has 1 unspecified atom stereocenters. The first-order valence-electron chi connectivity index (χ1n) is 4.63. The van der Waals surface area contributed by atoms with Gasteiger partial charge in [-0.1, -0.05) is 20.8 Å². The summed E-state index contributed by atoms with van der Waals surface area (Å²) in [6.07, 6.45) is 0.270. The molecule has 0 spiro atoms. The second-order valence-corrected chi connectivity index (χ2v) is 2.71. The summed E-state index contributed by atoms with van der Waals surface area (Å²) in [5, 5.41) is 0. The van der Waals surface area contributed by atoms with E-state index in [0.29, 0.717) is 6.42 Å². The van der Waals surface area contributed by atoms with Crippen molar-refractivity contribution < 1.29 is 13.5 Å². The summed E-state index contributed by atoms with van der Waals surface area (Å²) < 4.78 is 30.2. The maximum atomic E-state index is 12.6. The zero-order valence-corrected chi connectivity index (χ0v) is 8.07. The van der Waals surface area contributed by atoms with Crippen LogP contribution < -0.4 is 0 Å². The lowest BCUT2D eigenvalue weighted by atomic mass is 10.0. The molecule has 1 heterocycles. The summed E-state index contributed by atoms with van der Waals surface area (Å²) in [6, 6.07) is 0. The van der Waals surface area contributed by atoms with Crippen LogP contribution >= 0.6 is 0 Å². The molecular formula is C9H18F2O. The summed E-state index contributed by atoms with van der Waals surface area (Å²) >= 11 is 0. The van der Waals surface area contributed by atoms with Crippen LogP contribution in [0.2, 0.25) is 0 Å². The predicted molar refractivity (Wildman–Crippen MR) is 45.6 cm³/mol. The number of alkyl halides is 2. The third-order valence-electron chi connectivity index (χ3n) is 1.80. The number of hydrogen-bond acceptors (Lipinski definition) is 1. The van der Waals surface area contributed by atoms with Crippen LogP contribution in [0.1, 0.15) is 40.0 Å². The van der Waals surface area contributed by atoms with Crippen LogP contribution in [0.4, 0.5) is 8.78 Å². The fourth-order valence-electron chi connectivity index (χ4n) is 1.13. The SMILES string of the molecule is CC.CCC1CC(F)(F)CCO1. The van der Waals surface area contributed by atoms with Gasteiger partial charge in [0, 0.05) is 12.8 Å². The summed E-state index contributed by atoms with van der Waals surface area (Å²) in [5.74, 6) is -2.47. The first-order valence-corrected chi connectivity index (χ1v) is 4.63. The second kappa shape index (κ2) is 5.46. The molecule has 0 saturated carbocycles. The molecule has 0 amide bonds. The molecule has 0 radical (unpaired) electrons. The van der Waals surface area contributed by atoms with E-state index in [1.165, 1.54) is 0 Å². The number of halogens is 2. The molecule has 1 aliphatic heterocycles. The van der Waals surface area contributed by atoms with Crippen LogP contribution in [-0.4, -0.2) is 18.6 Å². The zero-order valence-electron chi connectivity index (χ0n) is 8.07. The quantitative estimate of drug-likeness (QED) is 0.602. The second-order valence-electron chi connectivity index (χ2n) is 2.71. The van der Waals surface area contributed by atoms with Crippen molar-refractivity contribution in [3.8, 4) is 0 Å². The van der Waals surface area contributed by atoms with Crippen molar-refractivity contribution >= 4 is 0 Å². The Morgan fingerprint density at radius 2 is 2.00 bits per heavy atom. The predicted octanol–water partition coefficient (Wildman–Crippen LogP) is 3.24. The maximum absolute atomic E-state index is 12.6. The molecular weight excluding hydrogens is 162 g/mol. The standard InChI is InChI=1S/C7H12F2O.C2H6/c1-2-6-5-7(8,9)3-4-10-6;1-2/h6H,2-5H2,1H3;1-2H3. The first kappa shape index (κ1) is 11.8. The highest BCUT2D eigenvalue weighted by atomic mass is 19.3. The minimum absolute atomic E-state index is 0.0938. The fraction of sp³-hybridized carbons (Fsp3) is 1.00. The number of ether oxygens (including phenoxy) is 1. The van der Waals surface area contributed by atoms with E-state index >= 15 is 0 Å². The van der Waals surface area contributed by atoms with E-state index in [0.717, 1.165) is 0 Å². The molecule has 1 rings (SSSR count). The molecule has 1 fully saturated rings. The summed E-state index contributed by atoms with van der Waals surface area (Å²) in [6.45, 7) is 6.08. The van der Waals surface area contributed by atoms with Crippen LogP contribution in [0.15, 0.2) is 0 Å². The van der Waals surface area contributed by atoms with Crippen molar-refractivity contribution in [3.63, 3.8) is 0 Å².